The number of rotatable bonds is 2. The van der Waals surface area contributed by atoms with Crippen LogP contribution in [0.2, 0.25) is 0 Å². The van der Waals surface area contributed by atoms with Crippen molar-refractivity contribution in [2.24, 2.45) is 0 Å². The van der Waals surface area contributed by atoms with Gasteiger partial charge in [-0.15, -0.1) is 0 Å². The third kappa shape index (κ3) is 1.38. The maximum atomic E-state index is 11.4. The highest BCUT2D eigenvalue weighted by molar-refractivity contribution is 6.03. The average Bonchev–Trinajstić information content (AvgIpc) is 2.64. The fraction of sp³-hybridized carbons (Fsp3) is 0.273. The number of hydrogen-bond donors (Lipinski definition) is 1. The van der Waals surface area contributed by atoms with E-state index in [-0.39, 0.29) is 17.1 Å². The van der Waals surface area contributed by atoms with Crippen LogP contribution >= 0.6 is 0 Å². The zero-order valence-corrected chi connectivity index (χ0v) is 8.57. The Balaban J connectivity index is 2.85. The molecule has 0 unspecified atom stereocenters. The minimum absolute atomic E-state index is 0.102. The van der Waals surface area contributed by atoms with Crippen LogP contribution in [0, 0.1) is 0 Å². The summed E-state index contributed by atoms with van der Waals surface area (Å²) in [5.41, 5.74) is 1.98. The molecule has 1 N–H and O–H groups in total. The van der Waals surface area contributed by atoms with Crippen molar-refractivity contribution in [2.45, 2.75) is 20.3 Å². The summed E-state index contributed by atoms with van der Waals surface area (Å²) in [6.07, 6.45) is 1.93. The molecule has 4 nitrogen and oxygen atoms in total. The molecule has 0 spiro atoms. The highest BCUT2D eigenvalue weighted by Crippen LogP contribution is 2.31. The maximum Gasteiger partial charge on any atom is 0.196 e. The van der Waals surface area contributed by atoms with Gasteiger partial charge in [0.2, 0.25) is 0 Å². The Morgan fingerprint density at radius 2 is 2.33 bits per heavy atom. The first-order valence-electron chi connectivity index (χ1n) is 4.74. The van der Waals surface area contributed by atoms with E-state index in [0.717, 1.165) is 5.56 Å². The number of carbonyl (C=O) groups is 1. The lowest BCUT2D eigenvalue weighted by Gasteiger charge is -2.06. The van der Waals surface area contributed by atoms with Gasteiger partial charge in [-0.05, 0) is 25.0 Å². The fourth-order valence-corrected chi connectivity index (χ4v) is 1.71. The Bertz CT molecular complexity index is 528. The van der Waals surface area contributed by atoms with Crippen LogP contribution in [0.5, 0.6) is 5.75 Å². The highest BCUT2D eigenvalue weighted by atomic mass is 16.4. The average molecular weight is 205 g/mol. The number of aryl methyl sites for hydroxylation is 1. The minimum atomic E-state index is -0.164. The van der Waals surface area contributed by atoms with Crippen molar-refractivity contribution in [1.82, 2.24) is 4.98 Å². The zero-order valence-electron chi connectivity index (χ0n) is 8.57. The first-order valence-corrected chi connectivity index (χ1v) is 4.74. The molecule has 1 aromatic carbocycles. The molecular weight excluding hydrogens is 194 g/mol. The summed E-state index contributed by atoms with van der Waals surface area (Å²) in [7, 11) is 0. The lowest BCUT2D eigenvalue weighted by molar-refractivity contribution is 0.101. The normalized spacial score (nSPS) is 10.8. The van der Waals surface area contributed by atoms with E-state index < -0.39 is 0 Å². The molecule has 0 fully saturated rings. The number of benzene rings is 1. The van der Waals surface area contributed by atoms with E-state index in [1.165, 1.54) is 13.3 Å². The number of ketones is 1. The van der Waals surface area contributed by atoms with Crippen molar-refractivity contribution in [1.29, 1.82) is 0 Å². The highest BCUT2D eigenvalue weighted by Gasteiger charge is 2.17. The van der Waals surface area contributed by atoms with Gasteiger partial charge in [0.05, 0.1) is 5.56 Å². The predicted molar refractivity (Wildman–Crippen MR) is 55.1 cm³/mol. The van der Waals surface area contributed by atoms with Gasteiger partial charge in [0.1, 0.15) is 5.52 Å². The largest absolute Gasteiger partial charge is 0.504 e. The molecular formula is C11H11NO3. The molecule has 0 bridgehead atoms. The van der Waals surface area contributed by atoms with Crippen LogP contribution in [0.25, 0.3) is 11.1 Å². The van der Waals surface area contributed by atoms with Crippen LogP contribution in [0.4, 0.5) is 0 Å². The third-order valence-corrected chi connectivity index (χ3v) is 2.41. The maximum absolute atomic E-state index is 11.4. The van der Waals surface area contributed by atoms with E-state index in [1.807, 2.05) is 6.92 Å². The number of phenolic OH excluding ortho intramolecular Hbond substituents is 1. The number of Topliss-reactive ketones (excluding diaryl/α,β-unsaturated/α-hetero) is 1. The summed E-state index contributed by atoms with van der Waals surface area (Å²) in [5.74, 6) is -0.267. The van der Waals surface area contributed by atoms with Gasteiger partial charge in [0.15, 0.2) is 23.5 Å². The van der Waals surface area contributed by atoms with E-state index >= 15 is 0 Å². The van der Waals surface area contributed by atoms with Gasteiger partial charge in [-0.3, -0.25) is 4.79 Å². The first kappa shape index (κ1) is 9.71. The molecule has 0 saturated carbocycles. The lowest BCUT2D eigenvalue weighted by Crippen LogP contribution is -1.99. The summed E-state index contributed by atoms with van der Waals surface area (Å²) in [6, 6.07) is 1.77. The van der Waals surface area contributed by atoms with Gasteiger partial charge in [0, 0.05) is 0 Å². The molecule has 0 saturated heterocycles. The van der Waals surface area contributed by atoms with Crippen LogP contribution in [0.15, 0.2) is 16.9 Å². The third-order valence-electron chi connectivity index (χ3n) is 2.41. The molecule has 1 aromatic heterocycles. The molecule has 0 aliphatic carbocycles. The Morgan fingerprint density at radius 3 is 2.93 bits per heavy atom. The van der Waals surface area contributed by atoms with Crippen molar-refractivity contribution in [2.75, 3.05) is 0 Å². The molecule has 0 atom stereocenters. The standard InChI is InChI=1S/C11H11NO3/c1-3-7-4-8-11(15-5-12-8)10(14)9(7)6(2)13/h4-5,14H,3H2,1-2H3. The van der Waals surface area contributed by atoms with E-state index in [9.17, 15) is 9.90 Å². The lowest BCUT2D eigenvalue weighted by atomic mass is 10.0. The monoisotopic (exact) mass is 205 g/mol. The molecule has 15 heavy (non-hydrogen) atoms. The smallest absolute Gasteiger partial charge is 0.196 e. The Labute approximate surface area is 86.5 Å². The predicted octanol–water partition coefficient (Wildman–Crippen LogP) is 2.30. The van der Waals surface area contributed by atoms with Crippen molar-refractivity contribution >= 4 is 16.9 Å². The second-order valence-electron chi connectivity index (χ2n) is 3.37. The number of carbonyl (C=O) groups excluding carboxylic acids is 1. The van der Waals surface area contributed by atoms with Gasteiger partial charge >= 0.3 is 0 Å². The molecule has 0 aliphatic rings. The van der Waals surface area contributed by atoms with Gasteiger partial charge in [0.25, 0.3) is 0 Å². The molecule has 2 aromatic rings. The van der Waals surface area contributed by atoms with Crippen LogP contribution in [-0.2, 0) is 6.42 Å². The first-order chi connectivity index (χ1) is 7.15. The number of hydrogen-bond acceptors (Lipinski definition) is 4. The fourth-order valence-electron chi connectivity index (χ4n) is 1.71. The second-order valence-corrected chi connectivity index (χ2v) is 3.37. The summed E-state index contributed by atoms with van der Waals surface area (Å²) >= 11 is 0. The van der Waals surface area contributed by atoms with E-state index in [0.29, 0.717) is 17.5 Å². The SMILES string of the molecule is CCc1cc2ncoc2c(O)c1C(C)=O. The van der Waals surface area contributed by atoms with Crippen molar-refractivity contribution < 1.29 is 14.3 Å². The molecule has 0 aliphatic heterocycles. The zero-order chi connectivity index (χ0) is 11.0. The molecule has 4 heteroatoms. The van der Waals surface area contributed by atoms with Crippen molar-refractivity contribution in [3.63, 3.8) is 0 Å². The molecule has 2 rings (SSSR count). The van der Waals surface area contributed by atoms with Crippen LogP contribution < -0.4 is 0 Å². The second kappa shape index (κ2) is 3.38. The van der Waals surface area contributed by atoms with Crippen molar-refractivity contribution in [3.8, 4) is 5.75 Å². The number of aromatic hydroxyl groups is 1. The Kier molecular flexibility index (Phi) is 2.19. The van der Waals surface area contributed by atoms with Gasteiger partial charge in [-0.1, -0.05) is 6.92 Å². The molecule has 78 valence electrons. The van der Waals surface area contributed by atoms with E-state index in [1.54, 1.807) is 6.07 Å². The Morgan fingerprint density at radius 1 is 1.60 bits per heavy atom. The minimum Gasteiger partial charge on any atom is -0.504 e. The van der Waals surface area contributed by atoms with Crippen LogP contribution in [0.1, 0.15) is 29.8 Å². The quantitative estimate of drug-likeness (QED) is 0.764. The topological polar surface area (TPSA) is 63.3 Å². The van der Waals surface area contributed by atoms with Crippen LogP contribution in [-0.4, -0.2) is 15.9 Å². The molecule has 0 radical (unpaired) electrons. The summed E-state index contributed by atoms with van der Waals surface area (Å²) in [4.78, 5) is 15.3. The van der Waals surface area contributed by atoms with Gasteiger partial charge in [-0.25, -0.2) is 4.98 Å². The number of phenols is 1. The Hall–Kier alpha value is -1.84. The number of fused-ring (bicyclic) bond motifs is 1. The van der Waals surface area contributed by atoms with E-state index in [2.05, 4.69) is 4.98 Å². The number of nitrogens with zero attached hydrogens (tertiary/aromatic N) is 1. The van der Waals surface area contributed by atoms with Crippen LogP contribution in [0.3, 0.4) is 0 Å². The van der Waals surface area contributed by atoms with Gasteiger partial charge < -0.3 is 9.52 Å². The van der Waals surface area contributed by atoms with Crippen molar-refractivity contribution in [3.05, 3.63) is 23.6 Å². The summed E-state index contributed by atoms with van der Waals surface area (Å²) < 4.78 is 5.03. The summed E-state index contributed by atoms with van der Waals surface area (Å²) in [6.45, 7) is 3.35. The van der Waals surface area contributed by atoms with Gasteiger partial charge in [-0.2, -0.15) is 0 Å². The molecule has 0 amide bonds. The number of aromatic nitrogens is 1. The summed E-state index contributed by atoms with van der Waals surface area (Å²) in [5, 5.41) is 9.87. The number of oxazole rings is 1. The molecule has 1 heterocycles. The van der Waals surface area contributed by atoms with E-state index in [4.69, 9.17) is 4.42 Å².